The van der Waals surface area contributed by atoms with Crippen LogP contribution in [0, 0.1) is 0 Å². The fraction of sp³-hybridized carbons (Fsp3) is 0.412. The minimum atomic E-state index is -4.77. The Morgan fingerprint density at radius 1 is 1.19 bits per heavy atom. The second kappa shape index (κ2) is 10.3. The Morgan fingerprint density at radius 2 is 1.91 bits per heavy atom. The molecule has 0 aliphatic carbocycles. The van der Waals surface area contributed by atoms with Crippen LogP contribution in [0.15, 0.2) is 47.4 Å². The van der Waals surface area contributed by atoms with Gasteiger partial charge in [-0.15, -0.1) is 0 Å². The van der Waals surface area contributed by atoms with Crippen molar-refractivity contribution in [3.05, 3.63) is 58.6 Å². The Hall–Kier alpha value is -1.92. The predicted molar refractivity (Wildman–Crippen MR) is 111 cm³/mol. The first-order chi connectivity index (χ1) is 15.0. The van der Waals surface area contributed by atoms with Gasteiger partial charge in [-0.3, -0.25) is 18.5 Å². The zero-order valence-corrected chi connectivity index (χ0v) is 18.4. The van der Waals surface area contributed by atoms with Crippen LogP contribution < -0.4 is 11.2 Å². The first-order valence-electron chi connectivity index (χ1n) is 9.38. The van der Waals surface area contributed by atoms with Crippen molar-refractivity contribution < 1.29 is 43.0 Å². The van der Waals surface area contributed by atoms with Gasteiger partial charge in [0.2, 0.25) is 0 Å². The lowest BCUT2D eigenvalue weighted by atomic mass is 10.2. The number of benzene rings is 1. The summed E-state index contributed by atoms with van der Waals surface area (Å²) in [6, 6.07) is 10.8. The molecule has 5 N–H and O–H groups in total. The number of hydrogen-bond acceptors (Lipinski definition) is 9. The number of aromatic nitrogens is 2. The zero-order valence-electron chi connectivity index (χ0n) is 16.6. The van der Waals surface area contributed by atoms with Crippen molar-refractivity contribution in [1.82, 2.24) is 9.55 Å². The molecule has 3 rings (SSSR count). The molecule has 0 spiro atoms. The van der Waals surface area contributed by atoms with E-state index in [1.165, 1.54) is 12.3 Å². The van der Waals surface area contributed by atoms with E-state index in [4.69, 9.17) is 19.4 Å². The Balaban J connectivity index is 1.55. The smallest absolute Gasteiger partial charge is 0.351 e. The normalized spacial score (nSPS) is 23.1. The molecule has 2 heterocycles. The van der Waals surface area contributed by atoms with E-state index in [0.717, 1.165) is 10.1 Å². The highest BCUT2D eigenvalue weighted by Crippen LogP contribution is 2.55. The molecule has 1 aliphatic rings. The summed E-state index contributed by atoms with van der Waals surface area (Å²) in [6.45, 7) is -0.345. The molecular weight excluding hydrogens is 468 g/mol. The molecule has 15 heteroatoms. The topological polar surface area (TPSA) is 190 Å². The summed E-state index contributed by atoms with van der Waals surface area (Å²) in [5, 5.41) is 10.1. The van der Waals surface area contributed by atoms with Crippen LogP contribution in [-0.4, -0.2) is 54.1 Å². The van der Waals surface area contributed by atoms with Gasteiger partial charge in [0.1, 0.15) is 12.3 Å². The van der Waals surface area contributed by atoms with E-state index < -0.39 is 51.8 Å². The van der Waals surface area contributed by atoms with Crippen molar-refractivity contribution in [3.63, 3.8) is 0 Å². The van der Waals surface area contributed by atoms with Gasteiger partial charge in [-0.1, -0.05) is 30.3 Å². The molecule has 0 amide bonds. The molecule has 1 aromatic carbocycles. The van der Waals surface area contributed by atoms with Crippen LogP contribution in [0.1, 0.15) is 18.2 Å². The van der Waals surface area contributed by atoms with Crippen LogP contribution in [0.3, 0.4) is 0 Å². The highest BCUT2D eigenvalue weighted by molar-refractivity contribution is 7.70. The van der Waals surface area contributed by atoms with Crippen molar-refractivity contribution >= 4 is 21.0 Å². The fourth-order valence-corrected chi connectivity index (χ4v) is 5.52. The largest absolute Gasteiger partial charge is 0.390 e. The quantitative estimate of drug-likeness (QED) is 0.232. The molecule has 13 nitrogen and oxygen atoms in total. The van der Waals surface area contributed by atoms with Crippen LogP contribution >= 0.6 is 15.2 Å². The summed E-state index contributed by atoms with van der Waals surface area (Å²) in [6.07, 6.45) is -1.79. The van der Waals surface area contributed by atoms with Gasteiger partial charge < -0.3 is 29.0 Å². The van der Waals surface area contributed by atoms with E-state index >= 15 is 0 Å². The molecule has 1 aliphatic heterocycles. The van der Waals surface area contributed by atoms with E-state index in [0.29, 0.717) is 0 Å². The van der Waals surface area contributed by atoms with Crippen LogP contribution in [0.4, 0.5) is 5.82 Å². The lowest BCUT2D eigenvalue weighted by molar-refractivity contribution is -0.0422. The molecule has 32 heavy (non-hydrogen) atoms. The second-order valence-corrected chi connectivity index (χ2v) is 11.0. The number of rotatable bonds is 10. The Labute approximate surface area is 182 Å². The maximum Gasteiger partial charge on any atom is 0.351 e. The van der Waals surface area contributed by atoms with E-state index in [2.05, 4.69) is 15.0 Å². The maximum atomic E-state index is 12.3. The van der Waals surface area contributed by atoms with Crippen LogP contribution in [-0.2, 0) is 29.8 Å². The number of aliphatic hydroxyl groups is 1. The van der Waals surface area contributed by atoms with Crippen molar-refractivity contribution in [2.45, 2.75) is 31.5 Å². The molecule has 1 unspecified atom stereocenters. The van der Waals surface area contributed by atoms with Gasteiger partial charge in [0.15, 0.2) is 11.7 Å². The van der Waals surface area contributed by atoms with E-state index in [-0.39, 0.29) is 18.8 Å². The van der Waals surface area contributed by atoms with Crippen molar-refractivity contribution in [2.24, 2.45) is 0 Å². The van der Waals surface area contributed by atoms with Gasteiger partial charge in [-0.2, -0.15) is 4.98 Å². The number of hydrogen-bond donors (Lipinski definition) is 5. The van der Waals surface area contributed by atoms with E-state index in [1.54, 1.807) is 0 Å². The zero-order chi connectivity index (χ0) is 23.4. The minimum Gasteiger partial charge on any atom is -0.390 e. The molecule has 4 atom stereocenters. The third-order valence-electron chi connectivity index (χ3n) is 4.41. The van der Waals surface area contributed by atoms with Gasteiger partial charge in [0.05, 0.1) is 19.3 Å². The van der Waals surface area contributed by atoms with Gasteiger partial charge >= 0.3 is 20.9 Å². The summed E-state index contributed by atoms with van der Waals surface area (Å²) < 4.78 is 33.9. The Kier molecular flexibility index (Phi) is 7.99. The summed E-state index contributed by atoms with van der Waals surface area (Å²) in [5.41, 5.74) is 2.80. The lowest BCUT2D eigenvalue weighted by Crippen LogP contribution is -2.28. The van der Waals surface area contributed by atoms with Gasteiger partial charge in [-0.25, -0.2) is 10.3 Å². The molecule has 1 aromatic heterocycles. The first-order valence-corrected chi connectivity index (χ1v) is 12.9. The SMILES string of the molecule is O=c1nc(NOCc2ccccc2)ccn1[C@H]1C[C@@H](O)[C@@H](COP(=O)(O)CP(=O)(O)O)O1. The first kappa shape index (κ1) is 24.7. The van der Waals surface area contributed by atoms with Crippen LogP contribution in [0.5, 0.6) is 0 Å². The Morgan fingerprint density at radius 3 is 2.56 bits per heavy atom. The number of aliphatic hydroxyl groups excluding tert-OH is 1. The lowest BCUT2D eigenvalue weighted by Gasteiger charge is -2.18. The summed E-state index contributed by atoms with van der Waals surface area (Å²) in [7, 11) is -9.36. The third-order valence-corrected chi connectivity index (χ3v) is 7.86. The standard InChI is InChI=1S/C17H23N3O10P2/c21-13-8-16(30-14(13)10-29-32(26,27)11-31(23,24)25)20-7-6-15(18-17(20)22)19-28-9-12-4-2-1-3-5-12/h1-7,13-14,16,21H,8-11H2,(H,26,27)(H,18,19,22)(H2,23,24,25)/t13-,14-,16-/m1/s1. The summed E-state index contributed by atoms with van der Waals surface area (Å²) in [4.78, 5) is 48.6. The van der Waals surface area contributed by atoms with Crippen LogP contribution in [0.2, 0.25) is 0 Å². The average Bonchev–Trinajstić information content (AvgIpc) is 3.06. The molecule has 176 valence electrons. The van der Waals surface area contributed by atoms with Gasteiger partial charge in [0.25, 0.3) is 0 Å². The summed E-state index contributed by atoms with van der Waals surface area (Å²) >= 11 is 0. The third kappa shape index (κ3) is 7.31. The average molecular weight is 491 g/mol. The van der Waals surface area contributed by atoms with Gasteiger partial charge in [0, 0.05) is 12.6 Å². The molecule has 0 saturated carbocycles. The second-order valence-electron chi connectivity index (χ2n) is 7.05. The highest BCUT2D eigenvalue weighted by atomic mass is 31.2. The Bertz CT molecular complexity index is 1060. The van der Waals surface area contributed by atoms with E-state index in [9.17, 15) is 23.9 Å². The maximum absolute atomic E-state index is 12.3. The van der Waals surface area contributed by atoms with Crippen LogP contribution in [0.25, 0.3) is 0 Å². The molecule has 1 saturated heterocycles. The number of ether oxygens (including phenoxy) is 1. The number of anilines is 1. The van der Waals surface area contributed by atoms with Gasteiger partial charge in [-0.05, 0) is 11.6 Å². The molecule has 1 fully saturated rings. The summed E-state index contributed by atoms with van der Waals surface area (Å²) in [5.74, 6) is -1.18. The fourth-order valence-electron chi connectivity index (χ4n) is 2.96. The van der Waals surface area contributed by atoms with Crippen molar-refractivity contribution in [1.29, 1.82) is 0 Å². The molecule has 0 bridgehead atoms. The predicted octanol–water partition coefficient (Wildman–Crippen LogP) is 0.773. The van der Waals surface area contributed by atoms with Crippen molar-refractivity contribution in [3.8, 4) is 0 Å². The molecule has 0 radical (unpaired) electrons. The molecule has 2 aromatic rings. The highest BCUT2D eigenvalue weighted by Gasteiger charge is 2.38. The van der Waals surface area contributed by atoms with E-state index in [1.807, 2.05) is 30.3 Å². The molecular formula is C17H23N3O10P2. The number of nitrogens with zero attached hydrogens (tertiary/aromatic N) is 2. The minimum absolute atomic E-state index is 0.0267. The van der Waals surface area contributed by atoms with Crippen molar-refractivity contribution in [2.75, 3.05) is 18.0 Å². The number of nitrogens with one attached hydrogen (secondary N) is 1. The monoisotopic (exact) mass is 491 g/mol.